The molecule has 12 aromatic carbocycles. The van der Waals surface area contributed by atoms with Crippen molar-refractivity contribution in [1.29, 1.82) is 0 Å². The standard InChI is InChI=1S/C88H78N4S4/c1-47-21-17-22-48(2)81(47)89(85-55(9)41-75-63(59(85)13)33-37-93-75)71-45-72(90(82-49(3)23-18-24-50(82)4)86-56(10)42-76-64(60(86)14)34-38-94-76)68-31-32-70-74(92(84-53(7)27-20-28-54(84)8)88-58(12)44-78-66(62(88)16)36-40-96-78)46-73(69-30-29-67(71)79(68)80(69)70)91(83-51(5)25-19-26-52(83)6)87-57(11)43-77-65(61(87)15)35-39-95-77/h17-46H,1-16H3. The molecule has 0 bridgehead atoms. The summed E-state index contributed by atoms with van der Waals surface area (Å²) in [5.41, 5.74) is 33.8. The Morgan fingerprint density at radius 2 is 0.396 bits per heavy atom. The maximum atomic E-state index is 2.69. The van der Waals surface area contributed by atoms with Crippen LogP contribution in [-0.4, -0.2) is 0 Å². The second kappa shape index (κ2) is 23.2. The smallest absolute Gasteiger partial charge is 0.0562 e. The zero-order chi connectivity index (χ0) is 66.6. The molecular weight excluding hydrogens is 1240 g/mol. The van der Waals surface area contributed by atoms with Gasteiger partial charge in [-0.3, -0.25) is 0 Å². The molecule has 0 spiro atoms. The number of nitrogens with zero attached hydrogens (tertiary/aromatic N) is 4. The van der Waals surface area contributed by atoms with E-state index in [1.807, 2.05) is 45.3 Å². The van der Waals surface area contributed by atoms with E-state index in [4.69, 9.17) is 0 Å². The Morgan fingerprint density at radius 1 is 0.198 bits per heavy atom. The van der Waals surface area contributed by atoms with E-state index in [2.05, 4.69) is 310 Å². The second-order valence-corrected chi connectivity index (χ2v) is 31.0. The lowest BCUT2D eigenvalue weighted by molar-refractivity contribution is 1.18. The molecule has 0 atom stereocenters. The van der Waals surface area contributed by atoms with Crippen LogP contribution >= 0.6 is 45.3 Å². The molecule has 0 unspecified atom stereocenters. The molecule has 0 saturated carbocycles. The minimum Gasteiger partial charge on any atom is -0.309 e. The van der Waals surface area contributed by atoms with Crippen LogP contribution in [0.25, 0.3) is 72.7 Å². The lowest BCUT2D eigenvalue weighted by atomic mass is 9.87. The van der Waals surface area contributed by atoms with Gasteiger partial charge < -0.3 is 19.6 Å². The molecule has 8 heteroatoms. The highest BCUT2D eigenvalue weighted by Crippen LogP contribution is 2.59. The van der Waals surface area contributed by atoms with Crippen LogP contribution < -0.4 is 19.6 Å². The third-order valence-electron chi connectivity index (χ3n) is 21.0. The molecule has 0 aliphatic carbocycles. The number of thiophene rings is 4. The van der Waals surface area contributed by atoms with E-state index in [9.17, 15) is 0 Å². The Hall–Kier alpha value is -9.28. The van der Waals surface area contributed by atoms with E-state index in [-0.39, 0.29) is 0 Å². The van der Waals surface area contributed by atoms with Crippen LogP contribution in [0.2, 0.25) is 0 Å². The zero-order valence-corrected chi connectivity index (χ0v) is 61.0. The topological polar surface area (TPSA) is 13.0 Å². The summed E-state index contributed by atoms with van der Waals surface area (Å²) in [5.74, 6) is 0. The molecule has 0 radical (unpaired) electrons. The molecule has 4 heterocycles. The third kappa shape index (κ3) is 9.30. The Kier molecular flexibility index (Phi) is 14.9. The fourth-order valence-corrected chi connectivity index (χ4v) is 20.6. The minimum atomic E-state index is 1.13. The molecule has 0 aliphatic heterocycles. The van der Waals surface area contributed by atoms with Crippen molar-refractivity contribution in [3.63, 3.8) is 0 Å². The molecule has 0 amide bonds. The van der Waals surface area contributed by atoms with Gasteiger partial charge in [-0.1, -0.05) is 97.1 Å². The van der Waals surface area contributed by atoms with Crippen LogP contribution in [0.5, 0.6) is 0 Å². The number of hydrogen-bond acceptors (Lipinski definition) is 8. The van der Waals surface area contributed by atoms with Gasteiger partial charge >= 0.3 is 0 Å². The quantitative estimate of drug-likeness (QED) is 0.113. The first kappa shape index (κ1) is 61.6. The van der Waals surface area contributed by atoms with Gasteiger partial charge in [0.05, 0.1) is 68.2 Å². The summed E-state index contributed by atoms with van der Waals surface area (Å²) >= 11 is 7.31. The predicted octanol–water partition coefficient (Wildman–Crippen LogP) is 28.3. The highest BCUT2D eigenvalue weighted by Gasteiger charge is 2.35. The van der Waals surface area contributed by atoms with Crippen LogP contribution in [-0.2, 0) is 0 Å². The fraction of sp³-hybridized carbons (Fsp3) is 0.182. The van der Waals surface area contributed by atoms with Gasteiger partial charge in [-0.2, -0.15) is 0 Å². The summed E-state index contributed by atoms with van der Waals surface area (Å²) in [6.07, 6.45) is 0. The van der Waals surface area contributed by atoms with E-state index in [1.54, 1.807) is 0 Å². The van der Waals surface area contributed by atoms with Gasteiger partial charge in [0.25, 0.3) is 0 Å². The third-order valence-corrected chi connectivity index (χ3v) is 24.5. The summed E-state index contributed by atoms with van der Waals surface area (Å²) < 4.78 is 5.21. The zero-order valence-electron chi connectivity index (χ0n) is 57.7. The summed E-state index contributed by atoms with van der Waals surface area (Å²) in [7, 11) is 0. The minimum absolute atomic E-state index is 1.13. The Morgan fingerprint density at radius 3 is 0.594 bits per heavy atom. The van der Waals surface area contributed by atoms with Crippen molar-refractivity contribution < 1.29 is 0 Å². The monoisotopic (exact) mass is 1320 g/mol. The Balaban J connectivity index is 1.18. The van der Waals surface area contributed by atoms with E-state index in [0.717, 1.165) is 22.7 Å². The van der Waals surface area contributed by atoms with Gasteiger partial charge in [-0.15, -0.1) is 45.3 Å². The number of hydrogen-bond donors (Lipinski definition) is 0. The number of aryl methyl sites for hydroxylation is 16. The van der Waals surface area contributed by atoms with Gasteiger partial charge in [-0.25, -0.2) is 0 Å². The average molecular weight is 1320 g/mol. The summed E-state index contributed by atoms with van der Waals surface area (Å²) in [6, 6.07) is 61.6. The highest BCUT2D eigenvalue weighted by molar-refractivity contribution is 7.18. The number of rotatable bonds is 12. The average Bonchev–Trinajstić information content (AvgIpc) is 0.773. The van der Waals surface area contributed by atoms with Crippen LogP contribution in [0.1, 0.15) is 89.0 Å². The van der Waals surface area contributed by atoms with Crippen molar-refractivity contribution >= 4 is 186 Å². The van der Waals surface area contributed by atoms with E-state index in [0.29, 0.717) is 0 Å². The molecule has 16 aromatic rings. The summed E-state index contributed by atoms with van der Waals surface area (Å²) in [6.45, 7) is 37.3. The van der Waals surface area contributed by atoms with Crippen LogP contribution in [0.3, 0.4) is 0 Å². The largest absolute Gasteiger partial charge is 0.309 e. The molecule has 4 aromatic heterocycles. The first-order valence-electron chi connectivity index (χ1n) is 33.4. The van der Waals surface area contributed by atoms with Gasteiger partial charge in [0.15, 0.2) is 0 Å². The lowest BCUT2D eigenvalue weighted by Crippen LogP contribution is -2.20. The number of fused-ring (bicyclic) bond motifs is 4. The Bertz CT molecular complexity index is 5110. The van der Waals surface area contributed by atoms with E-state index in [1.165, 1.54) is 207 Å². The van der Waals surface area contributed by atoms with Crippen LogP contribution in [0.15, 0.2) is 179 Å². The molecule has 0 aliphatic rings. The first-order chi connectivity index (χ1) is 46.3. The molecule has 474 valence electrons. The van der Waals surface area contributed by atoms with Gasteiger partial charge in [-0.05, 0) is 304 Å². The molecule has 16 rings (SSSR count). The van der Waals surface area contributed by atoms with Gasteiger partial charge in [0.1, 0.15) is 0 Å². The molecular formula is C88H78N4S4. The molecule has 0 fully saturated rings. The van der Waals surface area contributed by atoms with E-state index < -0.39 is 0 Å². The maximum Gasteiger partial charge on any atom is 0.0562 e. The molecule has 4 nitrogen and oxygen atoms in total. The molecule has 0 saturated heterocycles. The molecule has 0 N–H and O–H groups in total. The molecule has 96 heavy (non-hydrogen) atoms. The predicted molar refractivity (Wildman–Crippen MR) is 426 cm³/mol. The fourth-order valence-electron chi connectivity index (χ4n) is 16.8. The maximum absolute atomic E-state index is 2.69. The van der Waals surface area contributed by atoms with Crippen molar-refractivity contribution in [3.05, 3.63) is 268 Å². The highest BCUT2D eigenvalue weighted by atomic mass is 32.1. The second-order valence-electron chi connectivity index (χ2n) is 27.2. The van der Waals surface area contributed by atoms with Crippen molar-refractivity contribution in [2.45, 2.75) is 111 Å². The van der Waals surface area contributed by atoms with Crippen molar-refractivity contribution in [2.24, 2.45) is 0 Å². The number of para-hydroxylation sites is 4. The number of anilines is 12. The normalized spacial score (nSPS) is 12.0. The lowest BCUT2D eigenvalue weighted by Gasteiger charge is -2.38. The summed E-state index contributed by atoms with van der Waals surface area (Å²) in [4.78, 5) is 10.7. The van der Waals surface area contributed by atoms with Crippen molar-refractivity contribution in [2.75, 3.05) is 19.6 Å². The van der Waals surface area contributed by atoms with Crippen LogP contribution in [0, 0.1) is 111 Å². The number of benzene rings is 12. The SMILES string of the molecule is Cc1cccc(C)c1N(c1c(C)cc2sccc2c1C)c1cc(N(c2c(C)cccc2C)c2c(C)cc3sccc3c2C)c2ccc3c(N(c4c(C)cccc4C)c4c(C)cc5sccc5c4C)cc(N(c4c(C)cccc4C)c4c(C)cc5sccc5c4C)c4ccc1c2c43. The summed E-state index contributed by atoms with van der Waals surface area (Å²) in [5, 5.41) is 21.4. The van der Waals surface area contributed by atoms with Crippen molar-refractivity contribution in [3.8, 4) is 0 Å². The first-order valence-corrected chi connectivity index (χ1v) is 37.0. The van der Waals surface area contributed by atoms with E-state index >= 15 is 0 Å². The van der Waals surface area contributed by atoms with Crippen LogP contribution in [0.4, 0.5) is 68.2 Å². The Labute approximate surface area is 580 Å². The van der Waals surface area contributed by atoms with Gasteiger partial charge in [0, 0.05) is 51.1 Å². The van der Waals surface area contributed by atoms with Crippen molar-refractivity contribution in [1.82, 2.24) is 0 Å². The van der Waals surface area contributed by atoms with Gasteiger partial charge in [0.2, 0.25) is 0 Å².